The molecule has 0 amide bonds. The first-order valence-corrected chi connectivity index (χ1v) is 6.61. The van der Waals surface area contributed by atoms with Gasteiger partial charge in [-0.2, -0.15) is 0 Å². The number of benzene rings is 1. The minimum absolute atomic E-state index is 0.149. The van der Waals surface area contributed by atoms with Gasteiger partial charge in [0.15, 0.2) is 0 Å². The van der Waals surface area contributed by atoms with Crippen molar-refractivity contribution in [2.24, 2.45) is 0 Å². The summed E-state index contributed by atoms with van der Waals surface area (Å²) in [5.41, 5.74) is 1.96. The molecule has 0 saturated heterocycles. The van der Waals surface area contributed by atoms with Gasteiger partial charge in [-0.15, -0.1) is 0 Å². The van der Waals surface area contributed by atoms with Crippen LogP contribution in [0.15, 0.2) is 48.8 Å². The summed E-state index contributed by atoms with van der Waals surface area (Å²) in [6.07, 6.45) is 3.03. The van der Waals surface area contributed by atoms with Crippen LogP contribution >= 0.6 is 11.6 Å². The molecule has 0 bridgehead atoms. The van der Waals surface area contributed by atoms with Crippen molar-refractivity contribution in [2.75, 3.05) is 6.54 Å². The summed E-state index contributed by atoms with van der Waals surface area (Å²) in [5.74, 6) is 0. The molecular formula is C15H17ClN2O. The van der Waals surface area contributed by atoms with Gasteiger partial charge in [0.2, 0.25) is 0 Å². The molecule has 100 valence electrons. The second-order valence-corrected chi connectivity index (χ2v) is 4.92. The van der Waals surface area contributed by atoms with Crippen molar-refractivity contribution >= 4 is 11.6 Å². The van der Waals surface area contributed by atoms with Gasteiger partial charge in [-0.25, -0.2) is 0 Å². The molecule has 0 spiro atoms. The van der Waals surface area contributed by atoms with Gasteiger partial charge in [0.25, 0.3) is 0 Å². The number of nitrogens with zero attached hydrogens (tertiary/aromatic N) is 1. The normalized spacial score (nSPS) is 14.1. The van der Waals surface area contributed by atoms with E-state index in [4.69, 9.17) is 11.6 Å². The monoisotopic (exact) mass is 276 g/mol. The first-order valence-electron chi connectivity index (χ1n) is 6.23. The van der Waals surface area contributed by atoms with Crippen molar-refractivity contribution < 1.29 is 5.11 Å². The van der Waals surface area contributed by atoms with Crippen LogP contribution in [0.25, 0.3) is 0 Å². The van der Waals surface area contributed by atoms with E-state index in [0.29, 0.717) is 11.6 Å². The van der Waals surface area contributed by atoms with Gasteiger partial charge in [-0.1, -0.05) is 29.8 Å². The van der Waals surface area contributed by atoms with Crippen LogP contribution in [-0.2, 0) is 0 Å². The molecule has 1 aromatic heterocycles. The molecule has 0 aliphatic rings. The third kappa shape index (κ3) is 4.03. The summed E-state index contributed by atoms with van der Waals surface area (Å²) in [5, 5.41) is 14.0. The van der Waals surface area contributed by atoms with E-state index in [1.165, 1.54) is 0 Å². The fraction of sp³-hybridized carbons (Fsp3) is 0.267. The first kappa shape index (κ1) is 14.0. The molecule has 0 aliphatic carbocycles. The zero-order chi connectivity index (χ0) is 13.7. The Balaban J connectivity index is 1.90. The van der Waals surface area contributed by atoms with E-state index in [1.807, 2.05) is 37.4 Å². The third-order valence-electron chi connectivity index (χ3n) is 3.06. The van der Waals surface area contributed by atoms with E-state index >= 15 is 0 Å². The number of hydrogen-bond acceptors (Lipinski definition) is 3. The van der Waals surface area contributed by atoms with Crippen LogP contribution in [0.3, 0.4) is 0 Å². The Kier molecular flexibility index (Phi) is 4.91. The SMILES string of the molecule is C[C@@H](NCC(O)c1ccc(Cl)cc1)c1cccnc1. The second-order valence-electron chi connectivity index (χ2n) is 4.48. The Bertz CT molecular complexity index is 501. The Morgan fingerprint density at radius 1 is 1.21 bits per heavy atom. The Morgan fingerprint density at radius 2 is 1.95 bits per heavy atom. The highest BCUT2D eigenvalue weighted by Gasteiger charge is 2.10. The Morgan fingerprint density at radius 3 is 2.58 bits per heavy atom. The molecule has 0 aliphatic heterocycles. The van der Waals surface area contributed by atoms with Crippen LogP contribution in [0.2, 0.25) is 5.02 Å². The molecule has 2 aromatic rings. The maximum atomic E-state index is 10.1. The fourth-order valence-corrected chi connectivity index (χ4v) is 1.97. The summed E-state index contributed by atoms with van der Waals surface area (Å²) in [4.78, 5) is 4.08. The largest absolute Gasteiger partial charge is 0.387 e. The predicted octanol–water partition coefficient (Wildman–Crippen LogP) is 3.12. The molecule has 19 heavy (non-hydrogen) atoms. The van der Waals surface area contributed by atoms with Crippen molar-refractivity contribution in [3.63, 3.8) is 0 Å². The van der Waals surface area contributed by atoms with E-state index in [1.54, 1.807) is 18.3 Å². The number of aliphatic hydroxyl groups is 1. The zero-order valence-electron chi connectivity index (χ0n) is 10.8. The average Bonchev–Trinajstić information content (AvgIpc) is 2.46. The minimum atomic E-state index is -0.545. The van der Waals surface area contributed by atoms with Crippen LogP contribution in [0, 0.1) is 0 Å². The van der Waals surface area contributed by atoms with Crippen molar-refractivity contribution in [2.45, 2.75) is 19.1 Å². The predicted molar refractivity (Wildman–Crippen MR) is 77.1 cm³/mol. The molecule has 1 aromatic carbocycles. The van der Waals surface area contributed by atoms with Crippen LogP contribution < -0.4 is 5.32 Å². The third-order valence-corrected chi connectivity index (χ3v) is 3.31. The van der Waals surface area contributed by atoms with Gasteiger partial charge in [0.1, 0.15) is 0 Å². The van der Waals surface area contributed by atoms with Crippen LogP contribution in [0.5, 0.6) is 0 Å². The standard InChI is InChI=1S/C15H17ClN2O/c1-11(13-3-2-8-17-9-13)18-10-15(19)12-4-6-14(16)7-5-12/h2-9,11,15,18-19H,10H2,1H3/t11-,15?/m1/s1. The highest BCUT2D eigenvalue weighted by molar-refractivity contribution is 6.30. The van der Waals surface area contributed by atoms with Crippen molar-refractivity contribution in [3.05, 3.63) is 64.9 Å². The van der Waals surface area contributed by atoms with E-state index in [-0.39, 0.29) is 6.04 Å². The Labute approximate surface area is 118 Å². The number of nitrogens with one attached hydrogen (secondary N) is 1. The molecule has 0 saturated carbocycles. The highest BCUT2D eigenvalue weighted by Crippen LogP contribution is 2.17. The summed E-state index contributed by atoms with van der Waals surface area (Å²) in [7, 11) is 0. The molecule has 1 heterocycles. The lowest BCUT2D eigenvalue weighted by Crippen LogP contribution is -2.24. The van der Waals surface area contributed by atoms with E-state index in [0.717, 1.165) is 11.1 Å². The Hall–Kier alpha value is -1.42. The van der Waals surface area contributed by atoms with E-state index < -0.39 is 6.10 Å². The highest BCUT2D eigenvalue weighted by atomic mass is 35.5. The number of hydrogen-bond donors (Lipinski definition) is 2. The summed E-state index contributed by atoms with van der Waals surface area (Å²) in [6.45, 7) is 2.53. The lowest BCUT2D eigenvalue weighted by molar-refractivity contribution is 0.171. The van der Waals surface area contributed by atoms with E-state index in [9.17, 15) is 5.11 Å². The summed E-state index contributed by atoms with van der Waals surface area (Å²) >= 11 is 5.82. The van der Waals surface area contributed by atoms with Gasteiger partial charge in [0.05, 0.1) is 6.10 Å². The molecule has 2 rings (SSSR count). The molecule has 2 atom stereocenters. The fourth-order valence-electron chi connectivity index (χ4n) is 1.84. The van der Waals surface area contributed by atoms with Gasteiger partial charge < -0.3 is 10.4 Å². The average molecular weight is 277 g/mol. The smallest absolute Gasteiger partial charge is 0.0914 e. The molecule has 1 unspecified atom stereocenters. The lowest BCUT2D eigenvalue weighted by Gasteiger charge is -2.17. The molecule has 3 nitrogen and oxygen atoms in total. The second kappa shape index (κ2) is 6.66. The number of halogens is 1. The number of aromatic nitrogens is 1. The number of pyridine rings is 1. The molecular weight excluding hydrogens is 260 g/mol. The van der Waals surface area contributed by atoms with Crippen LogP contribution in [0.4, 0.5) is 0 Å². The maximum Gasteiger partial charge on any atom is 0.0914 e. The van der Waals surface area contributed by atoms with Crippen LogP contribution in [0.1, 0.15) is 30.2 Å². The quantitative estimate of drug-likeness (QED) is 0.882. The zero-order valence-corrected chi connectivity index (χ0v) is 11.5. The van der Waals surface area contributed by atoms with Gasteiger partial charge in [-0.3, -0.25) is 4.98 Å². The summed E-state index contributed by atoms with van der Waals surface area (Å²) < 4.78 is 0. The lowest BCUT2D eigenvalue weighted by atomic mass is 10.1. The topological polar surface area (TPSA) is 45.1 Å². The molecule has 2 N–H and O–H groups in total. The minimum Gasteiger partial charge on any atom is -0.387 e. The van der Waals surface area contributed by atoms with Gasteiger partial charge in [0, 0.05) is 30.0 Å². The van der Waals surface area contributed by atoms with Gasteiger partial charge >= 0.3 is 0 Å². The first-order chi connectivity index (χ1) is 9.16. The molecule has 4 heteroatoms. The molecule has 0 radical (unpaired) electrons. The van der Waals surface area contributed by atoms with Crippen molar-refractivity contribution in [3.8, 4) is 0 Å². The van der Waals surface area contributed by atoms with Crippen LogP contribution in [-0.4, -0.2) is 16.6 Å². The maximum absolute atomic E-state index is 10.1. The summed E-state index contributed by atoms with van der Waals surface area (Å²) in [6, 6.07) is 11.3. The van der Waals surface area contributed by atoms with E-state index in [2.05, 4.69) is 10.3 Å². The van der Waals surface area contributed by atoms with Crippen molar-refractivity contribution in [1.82, 2.24) is 10.3 Å². The van der Waals surface area contributed by atoms with Crippen molar-refractivity contribution in [1.29, 1.82) is 0 Å². The number of rotatable bonds is 5. The van der Waals surface area contributed by atoms with Gasteiger partial charge in [-0.05, 0) is 36.2 Å². The number of aliphatic hydroxyl groups excluding tert-OH is 1. The molecule has 0 fully saturated rings.